The van der Waals surface area contributed by atoms with E-state index < -0.39 is 6.04 Å². The number of hydrogen-bond acceptors (Lipinski definition) is 5. The molecule has 1 aliphatic rings. The summed E-state index contributed by atoms with van der Waals surface area (Å²) >= 11 is 5.53. The van der Waals surface area contributed by atoms with Crippen molar-refractivity contribution in [2.24, 2.45) is 0 Å². The second-order valence-corrected chi connectivity index (χ2v) is 7.18. The Kier molecular flexibility index (Phi) is 6.89. The van der Waals surface area contributed by atoms with Crippen molar-refractivity contribution in [2.75, 3.05) is 25.7 Å². The lowest BCUT2D eigenvalue weighted by molar-refractivity contribution is -0.122. The van der Waals surface area contributed by atoms with Gasteiger partial charge in [0.25, 0.3) is 5.91 Å². The summed E-state index contributed by atoms with van der Waals surface area (Å²) in [6.07, 6.45) is 0.0621. The number of rotatable bonds is 7. The first-order valence-electron chi connectivity index (χ1n) is 9.66. The number of amides is 2. The van der Waals surface area contributed by atoms with Gasteiger partial charge in [0.2, 0.25) is 5.91 Å². The van der Waals surface area contributed by atoms with Gasteiger partial charge in [-0.05, 0) is 61.1 Å². The Labute approximate surface area is 181 Å². The lowest BCUT2D eigenvalue weighted by atomic mass is 10.1. The molecule has 30 heavy (non-hydrogen) atoms. The number of nitrogens with zero attached hydrogens (tertiary/aromatic N) is 2. The summed E-state index contributed by atoms with van der Waals surface area (Å²) in [5.74, 6) is 0.856. The zero-order chi connectivity index (χ0) is 21.7. The van der Waals surface area contributed by atoms with Crippen LogP contribution in [0.2, 0.25) is 0 Å². The van der Waals surface area contributed by atoms with Crippen LogP contribution in [0.3, 0.4) is 0 Å². The van der Waals surface area contributed by atoms with Crippen LogP contribution in [-0.2, 0) is 16.1 Å². The summed E-state index contributed by atoms with van der Waals surface area (Å²) in [5.41, 5.74) is 1.48. The van der Waals surface area contributed by atoms with Crippen molar-refractivity contribution < 1.29 is 19.1 Å². The van der Waals surface area contributed by atoms with E-state index in [4.69, 9.17) is 21.7 Å². The molecule has 8 heteroatoms. The summed E-state index contributed by atoms with van der Waals surface area (Å²) < 4.78 is 10.4. The number of anilines is 1. The van der Waals surface area contributed by atoms with Crippen molar-refractivity contribution in [2.45, 2.75) is 25.9 Å². The third-order valence-electron chi connectivity index (χ3n) is 4.93. The van der Waals surface area contributed by atoms with Gasteiger partial charge in [-0.25, -0.2) is 4.90 Å². The van der Waals surface area contributed by atoms with Crippen molar-refractivity contribution in [1.29, 1.82) is 0 Å². The molecule has 0 spiro atoms. The molecule has 1 fully saturated rings. The Bertz CT molecular complexity index is 915. The maximum atomic E-state index is 13.2. The van der Waals surface area contributed by atoms with Gasteiger partial charge in [-0.1, -0.05) is 12.1 Å². The molecule has 1 saturated heterocycles. The molecule has 0 bridgehead atoms. The minimum absolute atomic E-state index is 0.0621. The maximum Gasteiger partial charge on any atom is 0.257 e. The van der Waals surface area contributed by atoms with E-state index in [1.54, 1.807) is 43.4 Å². The predicted octanol–water partition coefficient (Wildman–Crippen LogP) is 2.73. The quantitative estimate of drug-likeness (QED) is 0.538. The number of methoxy groups -OCH3 is 2. The molecule has 2 aromatic carbocycles. The molecule has 1 heterocycles. The largest absolute Gasteiger partial charge is 0.497 e. The Hall–Kier alpha value is -3.13. The Morgan fingerprint density at radius 1 is 1.07 bits per heavy atom. The maximum absolute atomic E-state index is 13.2. The summed E-state index contributed by atoms with van der Waals surface area (Å²) in [7, 11) is 3.17. The van der Waals surface area contributed by atoms with Gasteiger partial charge in [0.15, 0.2) is 5.11 Å². The number of thiocarbonyl (C=S) groups is 1. The smallest absolute Gasteiger partial charge is 0.257 e. The van der Waals surface area contributed by atoms with Gasteiger partial charge >= 0.3 is 0 Å². The highest BCUT2D eigenvalue weighted by Crippen LogP contribution is 2.28. The lowest BCUT2D eigenvalue weighted by Crippen LogP contribution is -2.49. The average Bonchev–Trinajstić information content (AvgIpc) is 3.06. The lowest BCUT2D eigenvalue weighted by Gasteiger charge is -2.30. The molecular formula is C22H25N3O4S. The SMILES string of the molecule is CCNC(=S)N(Cc1ccc(OC)cc1)[C@H]1CC(=O)N(c2ccc(OC)cc2)C1=O. The molecule has 0 saturated carbocycles. The van der Waals surface area contributed by atoms with Gasteiger partial charge in [-0.2, -0.15) is 0 Å². The van der Waals surface area contributed by atoms with Crippen LogP contribution in [-0.4, -0.2) is 48.6 Å². The fourth-order valence-electron chi connectivity index (χ4n) is 3.37. The second kappa shape index (κ2) is 9.58. The molecular weight excluding hydrogens is 402 g/mol. The third-order valence-corrected chi connectivity index (χ3v) is 5.31. The molecule has 0 aliphatic carbocycles. The Morgan fingerprint density at radius 2 is 1.63 bits per heavy atom. The van der Waals surface area contributed by atoms with E-state index in [1.807, 2.05) is 31.2 Å². The third kappa shape index (κ3) is 4.54. The molecule has 3 rings (SSSR count). The van der Waals surface area contributed by atoms with Crippen LogP contribution < -0.4 is 19.7 Å². The van der Waals surface area contributed by atoms with Gasteiger partial charge in [-0.3, -0.25) is 9.59 Å². The zero-order valence-electron chi connectivity index (χ0n) is 17.3. The highest BCUT2D eigenvalue weighted by Gasteiger charge is 2.43. The van der Waals surface area contributed by atoms with E-state index in [0.717, 1.165) is 11.3 Å². The van der Waals surface area contributed by atoms with Crippen molar-refractivity contribution in [3.05, 3.63) is 54.1 Å². The Balaban J connectivity index is 1.85. The van der Waals surface area contributed by atoms with Crippen LogP contribution in [0.5, 0.6) is 11.5 Å². The minimum atomic E-state index is -0.673. The van der Waals surface area contributed by atoms with E-state index in [1.165, 1.54) is 4.90 Å². The fraction of sp³-hybridized carbons (Fsp3) is 0.318. The van der Waals surface area contributed by atoms with E-state index in [-0.39, 0.29) is 18.2 Å². The monoisotopic (exact) mass is 427 g/mol. The number of imide groups is 1. The number of ether oxygens (including phenoxy) is 2. The van der Waals surface area contributed by atoms with Crippen LogP contribution >= 0.6 is 12.2 Å². The molecule has 1 aliphatic heterocycles. The normalized spacial score (nSPS) is 15.8. The van der Waals surface area contributed by atoms with E-state index in [2.05, 4.69) is 5.32 Å². The molecule has 7 nitrogen and oxygen atoms in total. The molecule has 0 unspecified atom stereocenters. The molecule has 158 valence electrons. The Morgan fingerprint density at radius 3 is 2.17 bits per heavy atom. The number of hydrogen-bond donors (Lipinski definition) is 1. The topological polar surface area (TPSA) is 71.1 Å². The summed E-state index contributed by atoms with van der Waals surface area (Å²) in [5, 5.41) is 3.55. The summed E-state index contributed by atoms with van der Waals surface area (Å²) in [4.78, 5) is 29.0. The number of carbonyl (C=O) groups is 2. The van der Waals surface area contributed by atoms with Crippen molar-refractivity contribution >= 4 is 34.8 Å². The van der Waals surface area contributed by atoms with Gasteiger partial charge in [0.1, 0.15) is 17.5 Å². The fourth-order valence-corrected chi connectivity index (χ4v) is 3.70. The standard InChI is InChI=1S/C22H25N3O4S/c1-4-23-22(30)24(14-15-5-9-17(28-2)10-6-15)19-13-20(26)25(21(19)27)16-7-11-18(29-3)12-8-16/h5-12,19H,4,13-14H2,1-3H3,(H,23,30)/t19-/m0/s1. The second-order valence-electron chi connectivity index (χ2n) is 6.80. The number of nitrogens with one attached hydrogen (secondary N) is 1. The van der Waals surface area contributed by atoms with Gasteiger partial charge in [0, 0.05) is 13.1 Å². The first-order valence-corrected chi connectivity index (χ1v) is 10.1. The van der Waals surface area contributed by atoms with E-state index in [9.17, 15) is 9.59 Å². The predicted molar refractivity (Wildman–Crippen MR) is 119 cm³/mol. The van der Waals surface area contributed by atoms with Crippen molar-refractivity contribution in [3.8, 4) is 11.5 Å². The van der Waals surface area contributed by atoms with Crippen LogP contribution in [0.25, 0.3) is 0 Å². The van der Waals surface area contributed by atoms with Crippen LogP contribution in [0.1, 0.15) is 18.9 Å². The average molecular weight is 428 g/mol. The van der Waals surface area contributed by atoms with Crippen molar-refractivity contribution in [3.63, 3.8) is 0 Å². The van der Waals surface area contributed by atoms with Crippen molar-refractivity contribution in [1.82, 2.24) is 10.2 Å². The number of benzene rings is 2. The molecule has 0 aromatic heterocycles. The van der Waals surface area contributed by atoms with E-state index >= 15 is 0 Å². The van der Waals surface area contributed by atoms with Crippen LogP contribution in [0.15, 0.2) is 48.5 Å². The molecule has 2 amide bonds. The first-order chi connectivity index (χ1) is 14.5. The minimum Gasteiger partial charge on any atom is -0.497 e. The molecule has 1 N–H and O–H groups in total. The summed E-state index contributed by atoms with van der Waals surface area (Å²) in [6.45, 7) is 2.95. The first kappa shape index (κ1) is 21.6. The molecule has 2 aromatic rings. The van der Waals surface area contributed by atoms with E-state index in [0.29, 0.717) is 29.6 Å². The van der Waals surface area contributed by atoms with Gasteiger partial charge in [-0.15, -0.1) is 0 Å². The van der Waals surface area contributed by atoms with Crippen LogP contribution in [0.4, 0.5) is 5.69 Å². The zero-order valence-corrected chi connectivity index (χ0v) is 18.1. The molecule has 1 atom stereocenters. The van der Waals surface area contributed by atoms with Crippen LogP contribution in [0, 0.1) is 0 Å². The van der Waals surface area contributed by atoms with Gasteiger partial charge in [0.05, 0.1) is 26.3 Å². The number of carbonyl (C=O) groups excluding carboxylic acids is 2. The highest BCUT2D eigenvalue weighted by molar-refractivity contribution is 7.80. The highest BCUT2D eigenvalue weighted by atomic mass is 32.1. The summed E-state index contributed by atoms with van der Waals surface area (Å²) in [6, 6.07) is 13.7. The molecule has 0 radical (unpaired) electrons. The van der Waals surface area contributed by atoms with Gasteiger partial charge < -0.3 is 19.7 Å².